The Morgan fingerprint density at radius 3 is 1.74 bits per heavy atom. The summed E-state index contributed by atoms with van der Waals surface area (Å²) in [6.45, 7) is 1.55. The van der Waals surface area contributed by atoms with Gasteiger partial charge in [0.05, 0.1) is 0 Å². The lowest BCUT2D eigenvalue weighted by atomic mass is 9.88. The van der Waals surface area contributed by atoms with Crippen LogP contribution in [0.4, 0.5) is 0 Å². The van der Waals surface area contributed by atoms with E-state index in [-0.39, 0.29) is 5.78 Å². The van der Waals surface area contributed by atoms with Gasteiger partial charge in [0.2, 0.25) is 0 Å². The van der Waals surface area contributed by atoms with Crippen molar-refractivity contribution in [2.45, 2.75) is 71.1 Å². The van der Waals surface area contributed by atoms with Gasteiger partial charge < -0.3 is 4.57 Å². The van der Waals surface area contributed by atoms with E-state index in [0.717, 1.165) is 36.3 Å². The third kappa shape index (κ3) is 3.63. The van der Waals surface area contributed by atoms with Crippen LogP contribution >= 0.6 is 7.14 Å². The first-order valence-electron chi connectivity index (χ1n) is 9.34. The fourth-order valence-corrected chi connectivity index (χ4v) is 7.79. The molecule has 0 spiro atoms. The molecule has 3 rings (SSSR count). The Kier molecular flexibility index (Phi) is 5.42. The topological polar surface area (TPSA) is 34.1 Å². The van der Waals surface area contributed by atoms with Crippen molar-refractivity contribution < 1.29 is 9.36 Å². The van der Waals surface area contributed by atoms with E-state index in [0.29, 0.717) is 11.8 Å². The molecule has 0 radical (unpaired) electrons. The van der Waals surface area contributed by atoms with Crippen LogP contribution in [0.15, 0.2) is 34.7 Å². The molecule has 23 heavy (non-hydrogen) atoms. The zero-order valence-corrected chi connectivity index (χ0v) is 15.2. The Balaban J connectivity index is 1.88. The highest BCUT2D eigenvalue weighted by molar-refractivity contribution is 7.75. The minimum absolute atomic E-state index is 0.00175. The molecule has 0 aromatic heterocycles. The van der Waals surface area contributed by atoms with E-state index in [9.17, 15) is 9.36 Å². The van der Waals surface area contributed by atoms with Gasteiger partial charge in [-0.3, -0.25) is 4.79 Å². The third-order valence-corrected chi connectivity index (χ3v) is 8.89. The van der Waals surface area contributed by atoms with Crippen molar-refractivity contribution >= 4 is 12.9 Å². The predicted molar refractivity (Wildman–Crippen MR) is 96.7 cm³/mol. The molecule has 1 aliphatic heterocycles. The number of carbonyl (C=O) groups is 1. The number of hydrogen-bond donors (Lipinski definition) is 0. The van der Waals surface area contributed by atoms with E-state index in [2.05, 4.69) is 12.2 Å². The van der Waals surface area contributed by atoms with Crippen LogP contribution in [-0.2, 0) is 9.36 Å². The highest BCUT2D eigenvalue weighted by atomic mass is 31.2. The normalized spacial score (nSPS) is 26.3. The Hall–Kier alpha value is -0.880. The summed E-state index contributed by atoms with van der Waals surface area (Å²) in [5.74, 6) is 2.70. The Morgan fingerprint density at radius 1 is 0.913 bits per heavy atom. The second kappa shape index (κ2) is 7.34. The van der Waals surface area contributed by atoms with Crippen LogP contribution in [0.2, 0.25) is 0 Å². The molecule has 1 heterocycles. The molecule has 0 amide bonds. The van der Waals surface area contributed by atoms with Gasteiger partial charge in [-0.15, -0.1) is 0 Å². The Morgan fingerprint density at radius 2 is 1.35 bits per heavy atom. The van der Waals surface area contributed by atoms with Crippen molar-refractivity contribution in [3.05, 3.63) is 34.7 Å². The van der Waals surface area contributed by atoms with E-state index in [4.69, 9.17) is 0 Å². The number of rotatable bonds is 4. The standard InChI is InChI=1S/C20H29O2P/c1-16(21)14-15-23(22)19(17-8-4-2-5-9-17)12-13-20(23)18-10-6-3-7-11-18/h12-15,17-18H,2-11H2,1H3/b15-14+. The highest BCUT2D eigenvalue weighted by Crippen LogP contribution is 2.71. The van der Waals surface area contributed by atoms with Crippen molar-refractivity contribution in [3.63, 3.8) is 0 Å². The first-order valence-corrected chi connectivity index (χ1v) is 11.1. The van der Waals surface area contributed by atoms with Crippen LogP contribution in [0.5, 0.6) is 0 Å². The molecule has 0 saturated heterocycles. The minimum Gasteiger partial charge on any atom is -0.310 e. The molecule has 3 aliphatic rings. The van der Waals surface area contributed by atoms with E-state index >= 15 is 0 Å². The molecule has 0 unspecified atom stereocenters. The SMILES string of the molecule is CC(=O)/C=C/P1(=O)C(C2CCCCC2)=CC=C1C1CCCCC1. The first-order chi connectivity index (χ1) is 11.1. The molecule has 0 N–H and O–H groups in total. The lowest BCUT2D eigenvalue weighted by molar-refractivity contribution is -0.112. The summed E-state index contributed by atoms with van der Waals surface area (Å²) in [5, 5.41) is 2.30. The van der Waals surface area contributed by atoms with Gasteiger partial charge in [-0.1, -0.05) is 50.7 Å². The van der Waals surface area contributed by atoms with Gasteiger partial charge in [-0.2, -0.15) is 0 Å². The fraction of sp³-hybridized carbons (Fsp3) is 0.650. The number of ketones is 1. The molecule has 3 heteroatoms. The van der Waals surface area contributed by atoms with Crippen LogP contribution in [0.3, 0.4) is 0 Å². The third-order valence-electron chi connectivity index (χ3n) is 5.76. The van der Waals surface area contributed by atoms with E-state index in [1.807, 2.05) is 0 Å². The Bertz CT molecular complexity index is 547. The van der Waals surface area contributed by atoms with E-state index in [1.54, 1.807) is 18.8 Å². The predicted octanol–water partition coefficient (Wildman–Crippen LogP) is 6.39. The van der Waals surface area contributed by atoms with Gasteiger partial charge in [-0.25, -0.2) is 0 Å². The lowest BCUT2D eigenvalue weighted by Gasteiger charge is -2.31. The van der Waals surface area contributed by atoms with Crippen LogP contribution in [0, 0.1) is 11.8 Å². The zero-order chi connectivity index (χ0) is 16.3. The Labute approximate surface area is 140 Å². The lowest BCUT2D eigenvalue weighted by Crippen LogP contribution is -2.12. The van der Waals surface area contributed by atoms with Crippen molar-refractivity contribution in [2.75, 3.05) is 0 Å². The summed E-state index contributed by atoms with van der Waals surface area (Å²) in [6.07, 6.45) is 18.1. The smallest absolute Gasteiger partial charge is 0.157 e. The van der Waals surface area contributed by atoms with Crippen molar-refractivity contribution in [2.24, 2.45) is 11.8 Å². The molecule has 2 fully saturated rings. The van der Waals surface area contributed by atoms with Gasteiger partial charge >= 0.3 is 0 Å². The maximum atomic E-state index is 14.0. The highest BCUT2D eigenvalue weighted by Gasteiger charge is 2.40. The maximum absolute atomic E-state index is 14.0. The number of allylic oxidation sites excluding steroid dienone is 5. The number of carbonyl (C=O) groups excluding carboxylic acids is 1. The monoisotopic (exact) mass is 332 g/mol. The molecular weight excluding hydrogens is 303 g/mol. The average molecular weight is 332 g/mol. The van der Waals surface area contributed by atoms with Crippen LogP contribution in [0.25, 0.3) is 0 Å². The zero-order valence-electron chi connectivity index (χ0n) is 14.3. The molecule has 2 nitrogen and oxygen atoms in total. The summed E-state index contributed by atoms with van der Waals surface area (Å²) in [4.78, 5) is 11.5. The quantitative estimate of drug-likeness (QED) is 0.441. The molecular formula is C20H29O2P. The fourth-order valence-electron chi connectivity index (χ4n) is 4.53. The molecule has 0 atom stereocenters. The second-order valence-corrected chi connectivity index (χ2v) is 10.1. The summed E-state index contributed by atoms with van der Waals surface area (Å²) in [5.41, 5.74) is 0. The summed E-state index contributed by atoms with van der Waals surface area (Å²) in [7, 11) is -2.66. The number of hydrogen-bond acceptors (Lipinski definition) is 2. The maximum Gasteiger partial charge on any atom is 0.157 e. The molecule has 2 saturated carbocycles. The van der Waals surface area contributed by atoms with Crippen molar-refractivity contribution in [1.29, 1.82) is 0 Å². The molecule has 0 aromatic carbocycles. The first kappa shape index (κ1) is 17.0. The molecule has 0 bridgehead atoms. The van der Waals surface area contributed by atoms with Gasteiger partial charge in [0.15, 0.2) is 12.9 Å². The van der Waals surface area contributed by atoms with Crippen LogP contribution in [-0.4, -0.2) is 5.78 Å². The largest absolute Gasteiger partial charge is 0.310 e. The summed E-state index contributed by atoms with van der Waals surface area (Å²) >= 11 is 0. The van der Waals surface area contributed by atoms with E-state index in [1.165, 1.54) is 38.5 Å². The summed E-state index contributed by atoms with van der Waals surface area (Å²) in [6, 6.07) is 0. The summed E-state index contributed by atoms with van der Waals surface area (Å²) < 4.78 is 14.0. The second-order valence-electron chi connectivity index (χ2n) is 7.44. The van der Waals surface area contributed by atoms with E-state index < -0.39 is 7.14 Å². The van der Waals surface area contributed by atoms with Gasteiger partial charge in [0.25, 0.3) is 0 Å². The van der Waals surface area contributed by atoms with Gasteiger partial charge in [0.1, 0.15) is 0 Å². The average Bonchev–Trinajstić information content (AvgIpc) is 2.92. The van der Waals surface area contributed by atoms with Crippen LogP contribution < -0.4 is 0 Å². The van der Waals surface area contributed by atoms with Crippen molar-refractivity contribution in [3.8, 4) is 0 Å². The van der Waals surface area contributed by atoms with Crippen molar-refractivity contribution in [1.82, 2.24) is 0 Å². The molecule has 126 valence electrons. The molecule has 0 aromatic rings. The van der Waals surface area contributed by atoms with Gasteiger partial charge in [0, 0.05) is 0 Å². The van der Waals surface area contributed by atoms with Gasteiger partial charge in [-0.05, 0) is 67.0 Å². The van der Waals surface area contributed by atoms with Crippen LogP contribution in [0.1, 0.15) is 71.1 Å². The molecule has 2 aliphatic carbocycles. The minimum atomic E-state index is -2.66.